The van der Waals surface area contributed by atoms with Crippen LogP contribution >= 0.6 is 11.6 Å². The minimum absolute atomic E-state index is 0.0273. The van der Waals surface area contributed by atoms with E-state index < -0.39 is 10.9 Å². The second kappa shape index (κ2) is 10.6. The molecule has 10 heteroatoms. The lowest BCUT2D eigenvalue weighted by Crippen LogP contribution is -2.06. The molecule has 0 radical (unpaired) electrons. The maximum atomic E-state index is 13.1. The van der Waals surface area contributed by atoms with Gasteiger partial charge in [0.05, 0.1) is 16.6 Å². The van der Waals surface area contributed by atoms with Crippen molar-refractivity contribution in [3.63, 3.8) is 0 Å². The molecule has 8 nitrogen and oxygen atoms in total. The van der Waals surface area contributed by atoms with Crippen molar-refractivity contribution in [2.75, 3.05) is 6.61 Å². The number of hydrogen-bond acceptors (Lipinski definition) is 7. The van der Waals surface area contributed by atoms with Crippen LogP contribution in [0.5, 0.6) is 11.5 Å². The van der Waals surface area contributed by atoms with Crippen LogP contribution in [0.3, 0.4) is 0 Å². The molecule has 0 aromatic heterocycles. The van der Waals surface area contributed by atoms with Gasteiger partial charge < -0.3 is 14.2 Å². The number of aliphatic imine (C=N–C) groups is 1. The Morgan fingerprint density at radius 1 is 1.14 bits per heavy atom. The van der Waals surface area contributed by atoms with Crippen molar-refractivity contribution in [1.82, 2.24) is 0 Å². The summed E-state index contributed by atoms with van der Waals surface area (Å²) in [5, 5.41) is 11.3. The highest BCUT2D eigenvalue weighted by atomic mass is 35.5. The normalized spacial score (nSPS) is 13.9. The summed E-state index contributed by atoms with van der Waals surface area (Å²) in [4.78, 5) is 27.3. The number of aryl methyl sites for hydroxylation is 1. The number of benzene rings is 3. The van der Waals surface area contributed by atoms with E-state index in [-0.39, 0.29) is 34.7 Å². The van der Waals surface area contributed by atoms with Gasteiger partial charge in [0, 0.05) is 17.2 Å². The Kier molecular flexibility index (Phi) is 7.30. The predicted molar refractivity (Wildman–Crippen MR) is 132 cm³/mol. The predicted octanol–water partition coefficient (Wildman–Crippen LogP) is 6.02. The first-order chi connectivity index (χ1) is 17.2. The Morgan fingerprint density at radius 2 is 1.89 bits per heavy atom. The minimum Gasteiger partial charge on any atom is -0.490 e. The average molecular weight is 511 g/mol. The van der Waals surface area contributed by atoms with Gasteiger partial charge in [0.15, 0.2) is 17.2 Å². The maximum absolute atomic E-state index is 13.1. The molecule has 184 valence electrons. The molecule has 0 fully saturated rings. The van der Waals surface area contributed by atoms with E-state index in [0.29, 0.717) is 34.8 Å². The largest absolute Gasteiger partial charge is 0.490 e. The van der Waals surface area contributed by atoms with Gasteiger partial charge in [-0.3, -0.25) is 10.1 Å². The van der Waals surface area contributed by atoms with Gasteiger partial charge in [0.1, 0.15) is 12.4 Å². The molecule has 0 bridgehead atoms. The van der Waals surface area contributed by atoms with Crippen molar-refractivity contribution in [1.29, 1.82) is 0 Å². The number of esters is 1. The van der Waals surface area contributed by atoms with Crippen molar-refractivity contribution in [3.05, 3.63) is 104 Å². The Hall–Kier alpha value is -4.24. The van der Waals surface area contributed by atoms with Crippen LogP contribution in [0.25, 0.3) is 6.08 Å². The average Bonchev–Trinajstić information content (AvgIpc) is 3.19. The molecular formula is C26H20ClFN2O6. The first-order valence-corrected chi connectivity index (χ1v) is 11.2. The molecule has 0 spiro atoms. The van der Waals surface area contributed by atoms with Gasteiger partial charge in [-0.25, -0.2) is 14.2 Å². The third-order valence-electron chi connectivity index (χ3n) is 5.19. The van der Waals surface area contributed by atoms with Gasteiger partial charge in [0.2, 0.25) is 5.90 Å². The molecule has 0 saturated heterocycles. The highest BCUT2D eigenvalue weighted by Gasteiger charge is 2.26. The summed E-state index contributed by atoms with van der Waals surface area (Å²) >= 11 is 6.46. The second-order valence-electron chi connectivity index (χ2n) is 7.77. The van der Waals surface area contributed by atoms with Gasteiger partial charge in [-0.2, -0.15) is 0 Å². The zero-order valence-corrected chi connectivity index (χ0v) is 20.0. The van der Waals surface area contributed by atoms with E-state index in [1.807, 2.05) is 0 Å². The highest BCUT2D eigenvalue weighted by Crippen LogP contribution is 2.38. The fourth-order valence-corrected chi connectivity index (χ4v) is 3.77. The van der Waals surface area contributed by atoms with E-state index in [1.54, 1.807) is 38.1 Å². The van der Waals surface area contributed by atoms with Crippen LogP contribution in [-0.2, 0) is 16.1 Å². The number of nitrogens with zero attached hydrogens (tertiary/aromatic N) is 2. The van der Waals surface area contributed by atoms with Crippen molar-refractivity contribution < 1.29 is 28.3 Å². The molecule has 1 aliphatic heterocycles. The summed E-state index contributed by atoms with van der Waals surface area (Å²) in [6, 6.07) is 13.5. The molecule has 3 aromatic rings. The topological polar surface area (TPSA) is 100 Å². The summed E-state index contributed by atoms with van der Waals surface area (Å²) in [6.07, 6.45) is 1.49. The highest BCUT2D eigenvalue weighted by molar-refractivity contribution is 6.32. The summed E-state index contributed by atoms with van der Waals surface area (Å²) in [6.45, 7) is 3.88. The van der Waals surface area contributed by atoms with Crippen LogP contribution in [0.15, 0.2) is 65.3 Å². The molecule has 1 aliphatic rings. The van der Waals surface area contributed by atoms with Gasteiger partial charge in [0.25, 0.3) is 5.69 Å². The van der Waals surface area contributed by atoms with Crippen LogP contribution in [0.2, 0.25) is 5.02 Å². The zero-order chi connectivity index (χ0) is 25.8. The second-order valence-corrected chi connectivity index (χ2v) is 8.18. The molecule has 0 N–H and O–H groups in total. The fourth-order valence-electron chi connectivity index (χ4n) is 3.49. The molecule has 3 aromatic carbocycles. The Morgan fingerprint density at radius 3 is 2.56 bits per heavy atom. The third-order valence-corrected chi connectivity index (χ3v) is 5.47. The molecule has 0 aliphatic carbocycles. The van der Waals surface area contributed by atoms with Crippen LogP contribution in [-0.4, -0.2) is 23.4 Å². The van der Waals surface area contributed by atoms with E-state index in [2.05, 4.69) is 4.99 Å². The first-order valence-electron chi connectivity index (χ1n) is 10.9. The minimum atomic E-state index is -0.674. The van der Waals surface area contributed by atoms with Crippen molar-refractivity contribution in [2.45, 2.75) is 20.5 Å². The fraction of sp³-hybridized carbons (Fsp3) is 0.154. The number of rotatable bonds is 8. The lowest BCUT2D eigenvalue weighted by Gasteiger charge is -2.14. The molecule has 4 rings (SSSR count). The summed E-state index contributed by atoms with van der Waals surface area (Å²) in [7, 11) is 0. The Balaban J connectivity index is 1.60. The van der Waals surface area contributed by atoms with E-state index in [4.69, 9.17) is 25.8 Å². The van der Waals surface area contributed by atoms with Crippen molar-refractivity contribution in [3.8, 4) is 11.5 Å². The van der Waals surface area contributed by atoms with Crippen molar-refractivity contribution >= 4 is 35.2 Å². The number of carbonyl (C=O) groups excluding carboxylic acids is 1. The number of hydrogen-bond donors (Lipinski definition) is 0. The number of ether oxygens (including phenoxy) is 3. The number of nitro benzene ring substituents is 1. The lowest BCUT2D eigenvalue weighted by molar-refractivity contribution is -0.385. The molecule has 0 saturated carbocycles. The van der Waals surface area contributed by atoms with Gasteiger partial charge in [-0.15, -0.1) is 0 Å². The van der Waals surface area contributed by atoms with E-state index in [9.17, 15) is 19.3 Å². The van der Waals surface area contributed by atoms with E-state index in [1.165, 1.54) is 36.4 Å². The third kappa shape index (κ3) is 5.52. The quantitative estimate of drug-likeness (QED) is 0.159. The SMILES string of the molecule is CCOc1cc(/C=C2\N=C(c3ccc([N+](=O)[O-])c(C)c3)OC2=O)cc(Cl)c1OCc1ccc(F)cc1. The van der Waals surface area contributed by atoms with Gasteiger partial charge in [-0.05, 0) is 67.4 Å². The van der Waals surface area contributed by atoms with Crippen LogP contribution < -0.4 is 9.47 Å². The maximum Gasteiger partial charge on any atom is 0.363 e. The number of cyclic esters (lactones) is 1. The van der Waals surface area contributed by atoms with Crippen molar-refractivity contribution in [2.24, 2.45) is 4.99 Å². The number of carbonyl (C=O) groups is 1. The monoisotopic (exact) mass is 510 g/mol. The van der Waals surface area contributed by atoms with Gasteiger partial charge in [-0.1, -0.05) is 23.7 Å². The van der Waals surface area contributed by atoms with Crippen LogP contribution in [0.4, 0.5) is 10.1 Å². The van der Waals surface area contributed by atoms with E-state index >= 15 is 0 Å². The molecule has 0 unspecified atom stereocenters. The Labute approximate surface area is 210 Å². The molecule has 0 amide bonds. The smallest absolute Gasteiger partial charge is 0.363 e. The number of halogens is 2. The zero-order valence-electron chi connectivity index (χ0n) is 19.3. The lowest BCUT2D eigenvalue weighted by atomic mass is 10.1. The van der Waals surface area contributed by atoms with Crippen LogP contribution in [0, 0.1) is 22.9 Å². The summed E-state index contributed by atoms with van der Waals surface area (Å²) in [5.74, 6) is -0.305. The molecule has 36 heavy (non-hydrogen) atoms. The summed E-state index contributed by atoms with van der Waals surface area (Å²) in [5.41, 5.74) is 2.11. The molecule has 1 heterocycles. The van der Waals surface area contributed by atoms with Gasteiger partial charge >= 0.3 is 5.97 Å². The first kappa shape index (κ1) is 24.9. The molecule has 0 atom stereocenters. The standard InChI is InChI=1S/C26H20ClFN2O6/c1-3-34-23-13-17(11-20(27)24(23)35-14-16-4-7-19(28)8-5-16)12-21-26(31)36-25(29-21)18-6-9-22(30(32)33)15(2)10-18/h4-13H,3,14H2,1-2H3/b21-12-. The Bertz CT molecular complexity index is 1400. The summed E-state index contributed by atoms with van der Waals surface area (Å²) < 4.78 is 29.9. The number of nitro groups is 1. The molecular weight excluding hydrogens is 491 g/mol. The van der Waals surface area contributed by atoms with Crippen LogP contribution in [0.1, 0.15) is 29.2 Å². The van der Waals surface area contributed by atoms with E-state index in [0.717, 1.165) is 5.56 Å².